The van der Waals surface area contributed by atoms with E-state index >= 15 is 0 Å². The molecule has 0 radical (unpaired) electrons. The standard InChI is InChI=1S/C23H24N6OS/c1-2-22-27-28-23(31-22)26-21-7-3-6-19(25-21)20-15-29(11-12-30-20)14-16-8-9-18-17(13-16)5-4-10-24-18/h3-10,13,20H,2,11-12,14-15H2,1H3,(H,25,26,28). The van der Waals surface area contributed by atoms with Crippen molar-refractivity contribution >= 4 is 33.2 Å². The van der Waals surface area contributed by atoms with Gasteiger partial charge in [0, 0.05) is 31.2 Å². The van der Waals surface area contributed by atoms with Gasteiger partial charge in [-0.25, -0.2) is 4.98 Å². The molecule has 1 aliphatic rings. The number of anilines is 2. The number of rotatable bonds is 6. The molecule has 1 unspecified atom stereocenters. The summed E-state index contributed by atoms with van der Waals surface area (Å²) in [6.07, 6.45) is 2.66. The van der Waals surface area contributed by atoms with E-state index in [1.54, 1.807) is 11.3 Å². The second-order valence-electron chi connectivity index (χ2n) is 7.55. The Balaban J connectivity index is 1.27. The molecular weight excluding hydrogens is 408 g/mol. The Morgan fingerprint density at radius 1 is 1.16 bits per heavy atom. The largest absolute Gasteiger partial charge is 0.369 e. The molecule has 31 heavy (non-hydrogen) atoms. The lowest BCUT2D eigenvalue weighted by molar-refractivity contribution is -0.0349. The van der Waals surface area contributed by atoms with Crippen molar-refractivity contribution < 1.29 is 4.74 Å². The highest BCUT2D eigenvalue weighted by Crippen LogP contribution is 2.25. The van der Waals surface area contributed by atoms with E-state index in [4.69, 9.17) is 9.72 Å². The van der Waals surface area contributed by atoms with Gasteiger partial charge in [0.1, 0.15) is 16.9 Å². The third-order valence-electron chi connectivity index (χ3n) is 5.33. The maximum Gasteiger partial charge on any atom is 0.211 e. The summed E-state index contributed by atoms with van der Waals surface area (Å²) >= 11 is 1.55. The smallest absolute Gasteiger partial charge is 0.211 e. The molecule has 1 N–H and O–H groups in total. The number of nitrogens with one attached hydrogen (secondary N) is 1. The van der Waals surface area contributed by atoms with Crippen molar-refractivity contribution in [1.82, 2.24) is 25.1 Å². The van der Waals surface area contributed by atoms with Crippen molar-refractivity contribution in [2.45, 2.75) is 26.0 Å². The number of hydrogen-bond donors (Lipinski definition) is 1. The average molecular weight is 433 g/mol. The summed E-state index contributed by atoms with van der Waals surface area (Å²) in [6.45, 7) is 5.36. The lowest BCUT2D eigenvalue weighted by Gasteiger charge is -2.32. The van der Waals surface area contributed by atoms with Gasteiger partial charge in [0.2, 0.25) is 5.13 Å². The Bertz CT molecular complexity index is 1180. The van der Waals surface area contributed by atoms with Crippen molar-refractivity contribution in [3.63, 3.8) is 0 Å². The number of morpholine rings is 1. The molecule has 1 atom stereocenters. The Labute approximate surface area is 185 Å². The number of aromatic nitrogens is 4. The third-order valence-corrected chi connectivity index (χ3v) is 6.31. The molecule has 3 aromatic heterocycles. The minimum absolute atomic E-state index is 0.0572. The maximum absolute atomic E-state index is 6.06. The van der Waals surface area contributed by atoms with E-state index in [2.05, 4.69) is 56.6 Å². The summed E-state index contributed by atoms with van der Waals surface area (Å²) in [5.41, 5.74) is 3.24. The third kappa shape index (κ3) is 4.71. The van der Waals surface area contributed by atoms with Crippen molar-refractivity contribution in [2.24, 2.45) is 0 Å². The zero-order valence-corrected chi connectivity index (χ0v) is 18.2. The molecule has 1 saturated heterocycles. The van der Waals surface area contributed by atoms with Crippen LogP contribution in [0.4, 0.5) is 10.9 Å². The SMILES string of the molecule is CCc1nnc(Nc2cccc(C3CN(Cc4ccc5ncccc5c4)CCO3)n2)s1. The van der Waals surface area contributed by atoms with Gasteiger partial charge in [-0.15, -0.1) is 10.2 Å². The summed E-state index contributed by atoms with van der Waals surface area (Å²) in [5.74, 6) is 0.763. The minimum atomic E-state index is -0.0572. The zero-order chi connectivity index (χ0) is 21.0. The Morgan fingerprint density at radius 3 is 3.03 bits per heavy atom. The van der Waals surface area contributed by atoms with Crippen LogP contribution in [-0.2, 0) is 17.7 Å². The van der Waals surface area contributed by atoms with Gasteiger partial charge < -0.3 is 10.1 Å². The highest BCUT2D eigenvalue weighted by atomic mass is 32.1. The van der Waals surface area contributed by atoms with Crippen LogP contribution in [0.15, 0.2) is 54.7 Å². The number of fused-ring (bicyclic) bond motifs is 1. The first-order valence-corrected chi connectivity index (χ1v) is 11.3. The second kappa shape index (κ2) is 9.05. The molecule has 1 aromatic carbocycles. The van der Waals surface area contributed by atoms with Crippen LogP contribution in [0.5, 0.6) is 0 Å². The monoisotopic (exact) mass is 432 g/mol. The number of ether oxygens (including phenoxy) is 1. The molecule has 0 saturated carbocycles. The fraction of sp³-hybridized carbons (Fsp3) is 0.304. The molecule has 4 aromatic rings. The molecule has 0 aliphatic carbocycles. The first kappa shape index (κ1) is 20.0. The van der Waals surface area contributed by atoms with Crippen LogP contribution in [-0.4, -0.2) is 44.8 Å². The van der Waals surface area contributed by atoms with Gasteiger partial charge in [-0.2, -0.15) is 0 Å². The van der Waals surface area contributed by atoms with Crippen molar-refractivity contribution in [1.29, 1.82) is 0 Å². The van der Waals surface area contributed by atoms with Crippen LogP contribution in [0.25, 0.3) is 10.9 Å². The molecule has 158 valence electrons. The number of pyridine rings is 2. The Kier molecular flexibility index (Phi) is 5.84. The highest BCUT2D eigenvalue weighted by Gasteiger charge is 2.23. The number of benzene rings is 1. The molecule has 1 fully saturated rings. The molecule has 0 bridgehead atoms. The predicted molar refractivity (Wildman–Crippen MR) is 123 cm³/mol. The summed E-state index contributed by atoms with van der Waals surface area (Å²) in [4.78, 5) is 11.6. The topological polar surface area (TPSA) is 76.1 Å². The highest BCUT2D eigenvalue weighted by molar-refractivity contribution is 7.15. The Morgan fingerprint density at radius 2 is 2.13 bits per heavy atom. The van der Waals surface area contributed by atoms with Crippen LogP contribution in [0.2, 0.25) is 0 Å². The lowest BCUT2D eigenvalue weighted by Crippen LogP contribution is -2.38. The van der Waals surface area contributed by atoms with Gasteiger partial charge in [0.05, 0.1) is 17.8 Å². The number of hydrogen-bond acceptors (Lipinski definition) is 8. The predicted octanol–water partition coefficient (Wildman–Crippen LogP) is 4.36. The van der Waals surface area contributed by atoms with Gasteiger partial charge in [-0.05, 0) is 42.3 Å². The molecular formula is C23H24N6OS. The first-order chi connectivity index (χ1) is 15.3. The van der Waals surface area contributed by atoms with Crippen LogP contribution in [0.3, 0.4) is 0 Å². The molecule has 8 heteroatoms. The number of nitrogens with zero attached hydrogens (tertiary/aromatic N) is 5. The fourth-order valence-corrected chi connectivity index (χ4v) is 4.45. The number of aryl methyl sites for hydroxylation is 1. The van der Waals surface area contributed by atoms with E-state index in [0.29, 0.717) is 6.61 Å². The van der Waals surface area contributed by atoms with E-state index in [-0.39, 0.29) is 6.10 Å². The summed E-state index contributed by atoms with van der Waals surface area (Å²) in [6, 6.07) is 16.5. The van der Waals surface area contributed by atoms with Gasteiger partial charge in [-0.1, -0.05) is 36.5 Å². The second-order valence-corrected chi connectivity index (χ2v) is 8.61. The van der Waals surface area contributed by atoms with E-state index in [1.807, 2.05) is 30.5 Å². The van der Waals surface area contributed by atoms with Gasteiger partial charge in [0.25, 0.3) is 0 Å². The average Bonchev–Trinajstić information content (AvgIpc) is 3.27. The van der Waals surface area contributed by atoms with Crippen molar-refractivity contribution in [3.8, 4) is 0 Å². The van der Waals surface area contributed by atoms with Gasteiger partial charge in [0.15, 0.2) is 0 Å². The van der Waals surface area contributed by atoms with E-state index in [9.17, 15) is 0 Å². The van der Waals surface area contributed by atoms with E-state index < -0.39 is 0 Å². The van der Waals surface area contributed by atoms with Gasteiger partial charge in [-0.3, -0.25) is 9.88 Å². The maximum atomic E-state index is 6.06. The molecule has 7 nitrogen and oxygen atoms in total. The zero-order valence-electron chi connectivity index (χ0n) is 17.4. The molecule has 0 spiro atoms. The quantitative estimate of drug-likeness (QED) is 0.485. The Hall–Kier alpha value is -2.94. The van der Waals surface area contributed by atoms with Crippen molar-refractivity contribution in [2.75, 3.05) is 25.0 Å². The van der Waals surface area contributed by atoms with Gasteiger partial charge >= 0.3 is 0 Å². The summed E-state index contributed by atoms with van der Waals surface area (Å²) < 4.78 is 6.06. The van der Waals surface area contributed by atoms with Crippen molar-refractivity contribution in [3.05, 3.63) is 71.0 Å². The minimum Gasteiger partial charge on any atom is -0.369 e. The van der Waals surface area contributed by atoms with Crippen LogP contribution in [0.1, 0.15) is 29.3 Å². The summed E-state index contributed by atoms with van der Waals surface area (Å²) in [7, 11) is 0. The summed E-state index contributed by atoms with van der Waals surface area (Å²) in [5, 5.41) is 14.5. The fourth-order valence-electron chi connectivity index (χ4n) is 3.76. The molecule has 0 amide bonds. The molecule has 4 heterocycles. The normalized spacial score (nSPS) is 17.1. The molecule has 1 aliphatic heterocycles. The van der Waals surface area contributed by atoms with Crippen LogP contribution in [0, 0.1) is 0 Å². The van der Waals surface area contributed by atoms with E-state index in [0.717, 1.165) is 53.2 Å². The van der Waals surface area contributed by atoms with E-state index in [1.165, 1.54) is 10.9 Å². The lowest BCUT2D eigenvalue weighted by atomic mass is 10.1. The van der Waals surface area contributed by atoms with Crippen LogP contribution >= 0.6 is 11.3 Å². The van der Waals surface area contributed by atoms with Crippen LogP contribution < -0.4 is 5.32 Å². The molecule has 5 rings (SSSR count). The first-order valence-electron chi connectivity index (χ1n) is 10.5.